The molecule has 5 nitrogen and oxygen atoms in total. The van der Waals surface area contributed by atoms with Gasteiger partial charge in [-0.1, -0.05) is 66.2 Å². The number of carbonyl (C=O) groups is 1. The number of benzene rings is 2. The molecule has 2 aliphatic rings. The van der Waals surface area contributed by atoms with Crippen molar-refractivity contribution in [1.82, 2.24) is 4.90 Å². The molecule has 1 spiro atoms. The highest BCUT2D eigenvalue weighted by atomic mass is 35.5. The summed E-state index contributed by atoms with van der Waals surface area (Å²) in [6.45, 7) is 9.22. The first kappa shape index (κ1) is 23.0. The van der Waals surface area contributed by atoms with E-state index in [0.29, 0.717) is 5.02 Å². The van der Waals surface area contributed by atoms with Crippen molar-refractivity contribution in [2.24, 2.45) is 9.98 Å². The van der Waals surface area contributed by atoms with Crippen LogP contribution in [0.15, 0.2) is 52.4 Å². The zero-order valence-electron chi connectivity index (χ0n) is 18.8. The van der Waals surface area contributed by atoms with Crippen molar-refractivity contribution in [2.45, 2.75) is 39.3 Å². The van der Waals surface area contributed by atoms with Gasteiger partial charge in [0.1, 0.15) is 5.04 Å². The Morgan fingerprint density at radius 1 is 1.12 bits per heavy atom. The first-order valence-corrected chi connectivity index (χ1v) is 12.4. The van der Waals surface area contributed by atoms with Crippen LogP contribution in [0.1, 0.15) is 36.5 Å². The van der Waals surface area contributed by atoms with Crippen LogP contribution in [0, 0.1) is 13.8 Å². The molecular weight excluding hydrogens is 440 g/mol. The number of amides is 1. The molecule has 0 bridgehead atoms. The van der Waals surface area contributed by atoms with Gasteiger partial charge in [-0.25, -0.2) is 4.99 Å². The van der Waals surface area contributed by atoms with E-state index in [-0.39, 0.29) is 11.7 Å². The zero-order valence-corrected chi connectivity index (χ0v) is 20.4. The van der Waals surface area contributed by atoms with Crippen molar-refractivity contribution in [1.29, 1.82) is 0 Å². The lowest BCUT2D eigenvalue weighted by atomic mass is 9.98. The summed E-state index contributed by atoms with van der Waals surface area (Å²) in [5.41, 5.74) is 4.39. The van der Waals surface area contributed by atoms with Gasteiger partial charge < -0.3 is 10.2 Å². The average Bonchev–Trinajstić information content (AvgIpc) is 3.14. The van der Waals surface area contributed by atoms with Gasteiger partial charge in [0, 0.05) is 42.2 Å². The van der Waals surface area contributed by atoms with E-state index in [1.54, 1.807) is 0 Å². The number of halogens is 1. The summed E-state index contributed by atoms with van der Waals surface area (Å²) in [6.07, 6.45) is 1.82. The Morgan fingerprint density at radius 2 is 1.84 bits per heavy atom. The first-order chi connectivity index (χ1) is 15.4. The maximum absolute atomic E-state index is 12.7. The first-order valence-electron chi connectivity index (χ1n) is 11.1. The predicted molar refractivity (Wildman–Crippen MR) is 137 cm³/mol. The summed E-state index contributed by atoms with van der Waals surface area (Å²) in [5.74, 6) is 0.195. The third-order valence-electron chi connectivity index (χ3n) is 6.14. The molecule has 0 aliphatic carbocycles. The lowest BCUT2D eigenvalue weighted by Crippen LogP contribution is -2.41. The Hall–Kier alpha value is -2.15. The summed E-state index contributed by atoms with van der Waals surface area (Å²) in [4.78, 5) is 25.4. The molecule has 1 fully saturated rings. The summed E-state index contributed by atoms with van der Waals surface area (Å²) < 4.78 is 0. The molecule has 1 N–H and O–H groups in total. The smallest absolute Gasteiger partial charge is 0.234 e. The normalized spacial score (nSPS) is 17.9. The molecule has 168 valence electrons. The molecule has 1 amide bonds. The second-order valence-corrected chi connectivity index (χ2v) is 9.78. The standard InChI is InChI=1S/C25H29ClN4OS/c1-4-30-14-12-25(13-15-30)28-23(19-10-8-17(2)9-11-19)24(29-25)32-16-22(31)27-21-7-5-6-20(26)18(21)3/h5-11H,4,12-16H2,1-3H3,(H,27,31). The molecule has 1 saturated heterocycles. The van der Waals surface area contributed by atoms with Gasteiger partial charge in [0.25, 0.3) is 0 Å². The molecule has 0 unspecified atom stereocenters. The predicted octanol–water partition coefficient (Wildman–Crippen LogP) is 5.34. The van der Waals surface area contributed by atoms with Gasteiger partial charge >= 0.3 is 0 Å². The summed E-state index contributed by atoms with van der Waals surface area (Å²) in [5, 5.41) is 4.48. The molecule has 2 aliphatic heterocycles. The fraction of sp³-hybridized carbons (Fsp3) is 0.400. The quantitative estimate of drug-likeness (QED) is 0.644. The highest BCUT2D eigenvalue weighted by Crippen LogP contribution is 2.35. The SMILES string of the molecule is CCN1CCC2(CC1)N=C(SCC(=O)Nc1cccc(Cl)c1C)C(c1ccc(C)cc1)=N2. The van der Waals surface area contributed by atoms with Crippen molar-refractivity contribution < 1.29 is 4.79 Å². The molecule has 2 aromatic carbocycles. The minimum atomic E-state index is -0.395. The molecule has 4 rings (SSSR count). The molecule has 7 heteroatoms. The number of hydrogen-bond donors (Lipinski definition) is 1. The van der Waals surface area contributed by atoms with E-state index in [9.17, 15) is 4.79 Å². The molecule has 0 saturated carbocycles. The number of aryl methyl sites for hydroxylation is 1. The number of likely N-dealkylation sites (tertiary alicyclic amines) is 1. The van der Waals surface area contributed by atoms with Crippen LogP contribution in [0.2, 0.25) is 5.02 Å². The number of hydrogen-bond acceptors (Lipinski definition) is 5. The van der Waals surface area contributed by atoms with Gasteiger partial charge in [0.2, 0.25) is 5.91 Å². The fourth-order valence-electron chi connectivity index (χ4n) is 4.04. The Morgan fingerprint density at radius 3 is 2.53 bits per heavy atom. The van der Waals surface area contributed by atoms with Crippen LogP contribution in [0.25, 0.3) is 0 Å². The third kappa shape index (κ3) is 5.08. The van der Waals surface area contributed by atoms with Crippen LogP contribution in [0.5, 0.6) is 0 Å². The minimum absolute atomic E-state index is 0.0759. The second-order valence-electron chi connectivity index (χ2n) is 8.41. The number of anilines is 1. The maximum Gasteiger partial charge on any atom is 0.234 e. The van der Waals surface area contributed by atoms with Crippen molar-refractivity contribution in [3.63, 3.8) is 0 Å². The van der Waals surface area contributed by atoms with Gasteiger partial charge in [0.05, 0.1) is 11.5 Å². The molecule has 0 aromatic heterocycles. The number of nitrogens with zero attached hydrogens (tertiary/aromatic N) is 3. The van der Waals surface area contributed by atoms with Gasteiger partial charge in [-0.05, 0) is 38.1 Å². The van der Waals surface area contributed by atoms with Gasteiger partial charge in [-0.15, -0.1) is 0 Å². The maximum atomic E-state index is 12.7. The number of nitrogens with one attached hydrogen (secondary N) is 1. The highest BCUT2D eigenvalue weighted by molar-refractivity contribution is 8.16. The van der Waals surface area contributed by atoms with Crippen LogP contribution in [0.3, 0.4) is 0 Å². The lowest BCUT2D eigenvalue weighted by Gasteiger charge is -2.34. The van der Waals surface area contributed by atoms with E-state index in [2.05, 4.69) is 48.3 Å². The number of rotatable bonds is 5. The van der Waals surface area contributed by atoms with E-state index < -0.39 is 5.66 Å². The zero-order chi connectivity index (χ0) is 22.7. The van der Waals surface area contributed by atoms with E-state index in [0.717, 1.165) is 60.0 Å². The van der Waals surface area contributed by atoms with Crippen LogP contribution in [0.4, 0.5) is 5.69 Å². The van der Waals surface area contributed by atoms with Crippen LogP contribution in [-0.2, 0) is 4.79 Å². The van der Waals surface area contributed by atoms with Crippen molar-refractivity contribution >= 4 is 45.7 Å². The summed E-state index contributed by atoms with van der Waals surface area (Å²) in [6, 6.07) is 13.9. The van der Waals surface area contributed by atoms with Crippen molar-refractivity contribution in [3.8, 4) is 0 Å². The van der Waals surface area contributed by atoms with E-state index in [4.69, 9.17) is 21.6 Å². The summed E-state index contributed by atoms with van der Waals surface area (Å²) in [7, 11) is 0. The number of thioether (sulfide) groups is 1. The van der Waals surface area contributed by atoms with Gasteiger partial charge in [-0.2, -0.15) is 0 Å². The van der Waals surface area contributed by atoms with E-state index >= 15 is 0 Å². The topological polar surface area (TPSA) is 57.1 Å². The number of piperidine rings is 1. The highest BCUT2D eigenvalue weighted by Gasteiger charge is 2.39. The Kier molecular flexibility index (Phi) is 7.03. The monoisotopic (exact) mass is 468 g/mol. The molecule has 2 heterocycles. The van der Waals surface area contributed by atoms with Crippen molar-refractivity contribution in [2.75, 3.05) is 30.7 Å². The number of carbonyl (C=O) groups excluding carboxylic acids is 1. The Bertz CT molecular complexity index is 1060. The van der Waals surface area contributed by atoms with Crippen LogP contribution >= 0.6 is 23.4 Å². The van der Waals surface area contributed by atoms with Crippen LogP contribution in [-0.4, -0.2) is 52.6 Å². The van der Waals surface area contributed by atoms with Gasteiger partial charge in [-0.3, -0.25) is 9.79 Å². The van der Waals surface area contributed by atoms with E-state index in [1.165, 1.54) is 17.3 Å². The van der Waals surface area contributed by atoms with Crippen LogP contribution < -0.4 is 5.32 Å². The summed E-state index contributed by atoms with van der Waals surface area (Å²) >= 11 is 7.65. The third-order valence-corrected chi connectivity index (χ3v) is 7.52. The minimum Gasteiger partial charge on any atom is -0.325 e. The molecule has 0 atom stereocenters. The second kappa shape index (κ2) is 9.77. The molecular formula is C25H29ClN4OS. The molecule has 2 aromatic rings. The molecule has 32 heavy (non-hydrogen) atoms. The lowest BCUT2D eigenvalue weighted by molar-refractivity contribution is -0.113. The van der Waals surface area contributed by atoms with Gasteiger partial charge in [0.15, 0.2) is 5.66 Å². The van der Waals surface area contributed by atoms with Crippen molar-refractivity contribution in [3.05, 3.63) is 64.2 Å². The molecule has 0 radical (unpaired) electrons. The average molecular weight is 469 g/mol. The Labute approximate surface area is 199 Å². The largest absolute Gasteiger partial charge is 0.325 e. The Balaban J connectivity index is 1.51. The van der Waals surface area contributed by atoms with E-state index in [1.807, 2.05) is 25.1 Å². The number of aliphatic imine (C=N–C) groups is 2. The fourth-order valence-corrected chi connectivity index (χ4v) is 5.09.